The SMILES string of the molecule is N#Cc1cccc(C(=O)Nc2ccc(C3(c4nc5c(C(=O)N6CCC(O)CC6)cccc5[nH]4)CCC3)cn2)c1. The van der Waals surface area contributed by atoms with Crippen LogP contribution in [0.2, 0.25) is 0 Å². The van der Waals surface area contributed by atoms with Crippen LogP contribution in [0.4, 0.5) is 5.82 Å². The number of piperidine rings is 1. The minimum atomic E-state index is -0.344. The van der Waals surface area contributed by atoms with Gasteiger partial charge in [0.25, 0.3) is 11.8 Å². The molecule has 2 amide bonds. The number of nitrogens with one attached hydrogen (secondary N) is 2. The molecular weight excluding hydrogens is 492 g/mol. The Morgan fingerprint density at radius 1 is 1.10 bits per heavy atom. The van der Waals surface area contributed by atoms with Crippen LogP contribution in [0, 0.1) is 11.3 Å². The van der Waals surface area contributed by atoms with Crippen LogP contribution in [0.15, 0.2) is 60.8 Å². The number of carbonyl (C=O) groups excluding carboxylic acids is 2. The molecule has 0 radical (unpaired) electrons. The summed E-state index contributed by atoms with van der Waals surface area (Å²) < 4.78 is 0. The summed E-state index contributed by atoms with van der Waals surface area (Å²) in [4.78, 5) is 40.7. The third-order valence-electron chi connectivity index (χ3n) is 7.97. The Morgan fingerprint density at radius 2 is 1.90 bits per heavy atom. The first-order valence-corrected chi connectivity index (χ1v) is 13.2. The predicted octanol–water partition coefficient (Wildman–Crippen LogP) is 4.15. The molecule has 2 fully saturated rings. The number of aromatic amines is 1. The van der Waals surface area contributed by atoms with Crippen molar-refractivity contribution in [1.82, 2.24) is 19.9 Å². The van der Waals surface area contributed by atoms with Crippen molar-refractivity contribution in [2.75, 3.05) is 18.4 Å². The number of aromatic nitrogens is 3. The summed E-state index contributed by atoms with van der Waals surface area (Å²) in [5.74, 6) is 0.841. The molecule has 1 aliphatic heterocycles. The lowest BCUT2D eigenvalue weighted by atomic mass is 9.64. The Kier molecular flexibility index (Phi) is 6.33. The molecule has 0 bridgehead atoms. The predicted molar refractivity (Wildman–Crippen MR) is 145 cm³/mol. The molecule has 2 aliphatic rings. The normalized spacial score (nSPS) is 16.9. The van der Waals surface area contributed by atoms with Gasteiger partial charge in [0.15, 0.2) is 0 Å². The lowest BCUT2D eigenvalue weighted by Gasteiger charge is -2.40. The van der Waals surface area contributed by atoms with Gasteiger partial charge in [0.1, 0.15) is 17.2 Å². The van der Waals surface area contributed by atoms with Gasteiger partial charge in [0.2, 0.25) is 0 Å². The number of carbonyl (C=O) groups is 2. The van der Waals surface area contributed by atoms with Crippen LogP contribution in [0.5, 0.6) is 0 Å². The Bertz CT molecular complexity index is 1590. The third-order valence-corrected chi connectivity index (χ3v) is 7.97. The first-order valence-electron chi connectivity index (χ1n) is 13.2. The number of amides is 2. The Labute approximate surface area is 225 Å². The van der Waals surface area contributed by atoms with E-state index in [2.05, 4.69) is 15.3 Å². The fourth-order valence-electron chi connectivity index (χ4n) is 5.53. The number of nitrogens with zero attached hydrogens (tertiary/aromatic N) is 4. The highest BCUT2D eigenvalue weighted by Crippen LogP contribution is 2.48. The van der Waals surface area contributed by atoms with Crippen molar-refractivity contribution in [2.45, 2.75) is 43.6 Å². The second kappa shape index (κ2) is 9.97. The number of imidazole rings is 1. The van der Waals surface area contributed by atoms with Gasteiger partial charge < -0.3 is 20.3 Å². The zero-order chi connectivity index (χ0) is 27.0. The molecule has 3 heterocycles. The van der Waals surface area contributed by atoms with Crippen LogP contribution in [-0.4, -0.2) is 56.0 Å². The molecule has 4 aromatic rings. The summed E-state index contributed by atoms with van der Waals surface area (Å²) in [6, 6.07) is 17.9. The summed E-state index contributed by atoms with van der Waals surface area (Å²) in [5.41, 5.74) is 3.51. The number of hydrogen-bond acceptors (Lipinski definition) is 6. The molecule has 9 nitrogen and oxygen atoms in total. The number of pyridine rings is 1. The third kappa shape index (κ3) is 4.53. The Hall–Kier alpha value is -4.55. The van der Waals surface area contributed by atoms with Crippen LogP contribution in [0.1, 0.15) is 69.8 Å². The van der Waals surface area contributed by atoms with Gasteiger partial charge in [0, 0.05) is 24.8 Å². The number of anilines is 1. The molecule has 3 N–H and O–H groups in total. The van der Waals surface area contributed by atoms with E-state index in [-0.39, 0.29) is 23.3 Å². The van der Waals surface area contributed by atoms with Crippen molar-refractivity contribution >= 4 is 28.7 Å². The van der Waals surface area contributed by atoms with Crippen LogP contribution in [0.25, 0.3) is 11.0 Å². The van der Waals surface area contributed by atoms with Gasteiger partial charge in [-0.15, -0.1) is 0 Å². The second-order valence-electron chi connectivity index (χ2n) is 10.3. The van der Waals surface area contributed by atoms with E-state index in [0.29, 0.717) is 54.0 Å². The quantitative estimate of drug-likeness (QED) is 0.362. The maximum absolute atomic E-state index is 13.3. The largest absolute Gasteiger partial charge is 0.393 e. The summed E-state index contributed by atoms with van der Waals surface area (Å²) in [6.07, 6.45) is 5.45. The van der Waals surface area contributed by atoms with E-state index in [9.17, 15) is 14.7 Å². The molecule has 0 atom stereocenters. The molecule has 9 heteroatoms. The fourth-order valence-corrected chi connectivity index (χ4v) is 5.53. The summed E-state index contributed by atoms with van der Waals surface area (Å²) in [7, 11) is 0. The number of aliphatic hydroxyl groups is 1. The zero-order valence-corrected chi connectivity index (χ0v) is 21.4. The van der Waals surface area contributed by atoms with Gasteiger partial charge in [-0.3, -0.25) is 9.59 Å². The molecule has 1 saturated carbocycles. The molecule has 0 spiro atoms. The molecule has 6 rings (SSSR count). The van der Waals surface area contributed by atoms with E-state index in [1.54, 1.807) is 41.4 Å². The van der Waals surface area contributed by atoms with Gasteiger partial charge in [-0.2, -0.15) is 5.26 Å². The molecule has 2 aromatic heterocycles. The fraction of sp³-hybridized carbons (Fsp3) is 0.300. The molecule has 2 aromatic carbocycles. The first kappa shape index (κ1) is 24.8. The van der Waals surface area contributed by atoms with E-state index in [1.165, 1.54) is 0 Å². The minimum Gasteiger partial charge on any atom is -0.393 e. The van der Waals surface area contributed by atoms with Crippen LogP contribution in [-0.2, 0) is 5.41 Å². The van der Waals surface area contributed by atoms with Gasteiger partial charge in [-0.1, -0.05) is 24.6 Å². The lowest BCUT2D eigenvalue weighted by Crippen LogP contribution is -2.40. The highest BCUT2D eigenvalue weighted by atomic mass is 16.3. The maximum Gasteiger partial charge on any atom is 0.256 e. The Morgan fingerprint density at radius 3 is 2.59 bits per heavy atom. The van der Waals surface area contributed by atoms with Crippen molar-refractivity contribution in [3.05, 3.63) is 88.9 Å². The number of fused-ring (bicyclic) bond motifs is 1. The Balaban J connectivity index is 1.25. The number of benzene rings is 2. The van der Waals surface area contributed by atoms with E-state index in [4.69, 9.17) is 10.2 Å². The van der Waals surface area contributed by atoms with Gasteiger partial charge in [-0.25, -0.2) is 9.97 Å². The second-order valence-corrected chi connectivity index (χ2v) is 10.3. The van der Waals surface area contributed by atoms with Crippen molar-refractivity contribution < 1.29 is 14.7 Å². The zero-order valence-electron chi connectivity index (χ0n) is 21.4. The maximum atomic E-state index is 13.3. The number of rotatable bonds is 5. The standard InChI is InChI=1S/C30H28N6O3/c31-17-19-4-1-5-20(16-19)27(38)34-25-9-8-21(18-32-25)30(12-3-13-30)29-33-24-7-2-6-23(26(24)35-29)28(39)36-14-10-22(37)11-15-36/h1-2,4-9,16,18,22,37H,3,10-15H2,(H,33,35)(H,32,34,38). The topological polar surface area (TPSA) is 135 Å². The van der Waals surface area contributed by atoms with E-state index >= 15 is 0 Å². The van der Waals surface area contributed by atoms with Gasteiger partial charge >= 0.3 is 0 Å². The van der Waals surface area contributed by atoms with Gasteiger partial charge in [0.05, 0.1) is 34.2 Å². The molecular formula is C30H28N6O3. The molecule has 196 valence electrons. The number of para-hydroxylation sites is 1. The van der Waals surface area contributed by atoms with Crippen LogP contribution < -0.4 is 5.32 Å². The highest BCUT2D eigenvalue weighted by Gasteiger charge is 2.43. The molecule has 0 unspecified atom stereocenters. The van der Waals surface area contributed by atoms with E-state index < -0.39 is 0 Å². The van der Waals surface area contributed by atoms with Gasteiger partial charge in [-0.05, 0) is 67.6 Å². The van der Waals surface area contributed by atoms with Crippen molar-refractivity contribution in [2.24, 2.45) is 0 Å². The first-order chi connectivity index (χ1) is 19.0. The highest BCUT2D eigenvalue weighted by molar-refractivity contribution is 6.05. The monoisotopic (exact) mass is 520 g/mol. The van der Waals surface area contributed by atoms with Crippen LogP contribution in [0.3, 0.4) is 0 Å². The summed E-state index contributed by atoms with van der Waals surface area (Å²) in [5, 5.41) is 21.7. The summed E-state index contributed by atoms with van der Waals surface area (Å²) in [6.45, 7) is 1.08. The van der Waals surface area contributed by atoms with Crippen molar-refractivity contribution in [1.29, 1.82) is 5.26 Å². The molecule has 1 saturated heterocycles. The lowest BCUT2D eigenvalue weighted by molar-refractivity contribution is 0.0548. The number of likely N-dealkylation sites (tertiary alicyclic amines) is 1. The average Bonchev–Trinajstić information content (AvgIpc) is 3.38. The minimum absolute atomic E-state index is 0.0599. The number of hydrogen-bond donors (Lipinski definition) is 3. The summed E-state index contributed by atoms with van der Waals surface area (Å²) >= 11 is 0. The van der Waals surface area contributed by atoms with Crippen molar-refractivity contribution in [3.63, 3.8) is 0 Å². The van der Waals surface area contributed by atoms with Crippen LogP contribution >= 0.6 is 0 Å². The number of H-pyrrole nitrogens is 1. The average molecular weight is 521 g/mol. The van der Waals surface area contributed by atoms with E-state index in [0.717, 1.165) is 36.2 Å². The van der Waals surface area contributed by atoms with Crippen molar-refractivity contribution in [3.8, 4) is 6.07 Å². The van der Waals surface area contributed by atoms with E-state index in [1.807, 2.05) is 30.3 Å². The molecule has 39 heavy (non-hydrogen) atoms. The number of nitriles is 1. The molecule has 1 aliphatic carbocycles. The smallest absolute Gasteiger partial charge is 0.256 e. The number of aliphatic hydroxyl groups excluding tert-OH is 1.